The highest BCUT2D eigenvalue weighted by Gasteiger charge is 2.41. The number of carbonyl (C=O) groups excluding carboxylic acids is 3. The minimum absolute atomic E-state index is 0.204. The summed E-state index contributed by atoms with van der Waals surface area (Å²) >= 11 is 0. The third-order valence-electron chi connectivity index (χ3n) is 4.56. The van der Waals surface area contributed by atoms with Crippen molar-refractivity contribution < 1.29 is 19.2 Å². The van der Waals surface area contributed by atoms with Crippen molar-refractivity contribution in [2.75, 3.05) is 0 Å². The van der Waals surface area contributed by atoms with Crippen molar-refractivity contribution in [2.24, 2.45) is 11.8 Å². The Morgan fingerprint density at radius 2 is 1.82 bits per heavy atom. The summed E-state index contributed by atoms with van der Waals surface area (Å²) in [6.45, 7) is 2.09. The van der Waals surface area contributed by atoms with Crippen molar-refractivity contribution in [1.82, 2.24) is 5.06 Å². The van der Waals surface area contributed by atoms with Crippen LogP contribution in [0, 0.1) is 11.8 Å². The quantitative estimate of drug-likeness (QED) is 0.802. The third kappa shape index (κ3) is 2.40. The minimum atomic E-state index is -0.556. The smallest absolute Gasteiger partial charge is 0.329 e. The molecule has 2 unspecified atom stereocenters. The highest BCUT2D eigenvalue weighted by molar-refractivity contribution is 6.20. The number of fused-ring (bicyclic) bond motifs is 1. The van der Waals surface area contributed by atoms with E-state index in [0.717, 1.165) is 32.1 Å². The van der Waals surface area contributed by atoms with Gasteiger partial charge in [-0.25, -0.2) is 4.79 Å². The highest BCUT2D eigenvalue weighted by atomic mass is 16.7. The van der Waals surface area contributed by atoms with Crippen molar-refractivity contribution in [1.29, 1.82) is 0 Å². The van der Waals surface area contributed by atoms with Crippen LogP contribution in [0.25, 0.3) is 0 Å². The van der Waals surface area contributed by atoms with E-state index in [0.29, 0.717) is 11.0 Å². The lowest BCUT2D eigenvalue weighted by molar-refractivity contribution is -0.175. The molecule has 0 bridgehead atoms. The van der Waals surface area contributed by atoms with Crippen molar-refractivity contribution >= 4 is 17.8 Å². The predicted molar refractivity (Wildman–Crippen MR) is 78.8 cm³/mol. The molecule has 2 atom stereocenters. The van der Waals surface area contributed by atoms with E-state index in [-0.39, 0.29) is 17.0 Å². The second-order valence-corrected chi connectivity index (χ2v) is 5.95. The van der Waals surface area contributed by atoms with Crippen LogP contribution < -0.4 is 0 Å². The average Bonchev–Trinajstić information content (AvgIpc) is 3.07. The van der Waals surface area contributed by atoms with Gasteiger partial charge in [0, 0.05) is 0 Å². The molecule has 1 aliphatic heterocycles. The van der Waals surface area contributed by atoms with E-state index in [1.54, 1.807) is 24.3 Å². The van der Waals surface area contributed by atoms with Crippen LogP contribution in [0.1, 0.15) is 59.7 Å². The van der Waals surface area contributed by atoms with Gasteiger partial charge >= 0.3 is 5.97 Å². The van der Waals surface area contributed by atoms with Gasteiger partial charge in [0.2, 0.25) is 0 Å². The fourth-order valence-corrected chi connectivity index (χ4v) is 3.47. The molecule has 116 valence electrons. The molecule has 2 amide bonds. The van der Waals surface area contributed by atoms with Gasteiger partial charge in [-0.1, -0.05) is 37.0 Å². The second-order valence-electron chi connectivity index (χ2n) is 5.95. The maximum atomic E-state index is 12.4. The Labute approximate surface area is 129 Å². The van der Waals surface area contributed by atoms with Crippen LogP contribution in [0.15, 0.2) is 24.3 Å². The van der Waals surface area contributed by atoms with Crippen LogP contribution in [0.2, 0.25) is 0 Å². The standard InChI is InChI=1S/C17H19NO4/c1-2-6-11-7-5-10-12(11)17(21)22-18-15(19)13-8-3-4-9-14(13)16(18)20/h3-4,8-9,11-12H,2,5-7,10H2,1H3. The molecule has 1 heterocycles. The van der Waals surface area contributed by atoms with E-state index in [4.69, 9.17) is 4.84 Å². The number of hydrogen-bond donors (Lipinski definition) is 0. The molecule has 1 aliphatic carbocycles. The molecular weight excluding hydrogens is 282 g/mol. The lowest BCUT2D eigenvalue weighted by Crippen LogP contribution is -2.36. The van der Waals surface area contributed by atoms with Crippen molar-refractivity contribution in [3.8, 4) is 0 Å². The molecule has 1 aromatic rings. The zero-order valence-electron chi connectivity index (χ0n) is 12.6. The van der Waals surface area contributed by atoms with Crippen molar-refractivity contribution in [3.63, 3.8) is 0 Å². The van der Waals surface area contributed by atoms with Gasteiger partial charge in [-0.05, 0) is 37.3 Å². The minimum Gasteiger partial charge on any atom is -0.329 e. The summed E-state index contributed by atoms with van der Waals surface area (Å²) in [5, 5.41) is 0.619. The van der Waals surface area contributed by atoms with Crippen LogP contribution >= 0.6 is 0 Å². The molecule has 5 heteroatoms. The van der Waals surface area contributed by atoms with Crippen molar-refractivity contribution in [3.05, 3.63) is 35.4 Å². The lowest BCUT2D eigenvalue weighted by Gasteiger charge is -2.20. The normalized spacial score (nSPS) is 23.8. The largest absolute Gasteiger partial charge is 0.336 e. The molecule has 5 nitrogen and oxygen atoms in total. The topological polar surface area (TPSA) is 63.7 Å². The number of rotatable bonds is 4. The van der Waals surface area contributed by atoms with Gasteiger partial charge in [0.1, 0.15) is 0 Å². The molecule has 0 spiro atoms. The van der Waals surface area contributed by atoms with Gasteiger partial charge in [0.05, 0.1) is 17.0 Å². The van der Waals surface area contributed by atoms with Gasteiger partial charge in [0.25, 0.3) is 11.8 Å². The monoisotopic (exact) mass is 301 g/mol. The first kappa shape index (κ1) is 14.8. The molecule has 0 aromatic heterocycles. The van der Waals surface area contributed by atoms with E-state index in [1.807, 2.05) is 0 Å². The predicted octanol–water partition coefficient (Wildman–Crippen LogP) is 2.96. The van der Waals surface area contributed by atoms with E-state index in [1.165, 1.54) is 0 Å². The highest BCUT2D eigenvalue weighted by Crippen LogP contribution is 2.36. The number of imide groups is 1. The zero-order valence-corrected chi connectivity index (χ0v) is 12.6. The summed E-state index contributed by atoms with van der Waals surface area (Å²) in [6, 6.07) is 6.50. The van der Waals surface area contributed by atoms with E-state index in [9.17, 15) is 14.4 Å². The Morgan fingerprint density at radius 3 is 2.41 bits per heavy atom. The fraction of sp³-hybridized carbons (Fsp3) is 0.471. The Hall–Kier alpha value is -2.17. The zero-order chi connectivity index (χ0) is 15.7. The number of carbonyl (C=O) groups is 3. The number of hydrogen-bond acceptors (Lipinski definition) is 4. The Kier molecular flexibility index (Phi) is 3.96. The lowest BCUT2D eigenvalue weighted by atomic mass is 9.92. The molecule has 0 radical (unpaired) electrons. The molecule has 0 N–H and O–H groups in total. The van der Waals surface area contributed by atoms with Crippen LogP contribution in [0.4, 0.5) is 0 Å². The van der Waals surface area contributed by atoms with Crippen LogP contribution in [-0.4, -0.2) is 22.8 Å². The first-order valence-electron chi connectivity index (χ1n) is 7.83. The molecule has 0 saturated heterocycles. The summed E-state index contributed by atoms with van der Waals surface area (Å²) in [7, 11) is 0. The number of nitrogens with zero attached hydrogens (tertiary/aromatic N) is 1. The van der Waals surface area contributed by atoms with Crippen LogP contribution in [-0.2, 0) is 9.63 Å². The van der Waals surface area contributed by atoms with E-state index >= 15 is 0 Å². The molecule has 1 aromatic carbocycles. The molecule has 1 saturated carbocycles. The first-order valence-corrected chi connectivity index (χ1v) is 7.83. The summed E-state index contributed by atoms with van der Waals surface area (Å²) in [4.78, 5) is 41.9. The number of amides is 2. The number of benzene rings is 1. The van der Waals surface area contributed by atoms with Crippen molar-refractivity contribution in [2.45, 2.75) is 39.0 Å². The fourth-order valence-electron chi connectivity index (χ4n) is 3.47. The summed E-state index contributed by atoms with van der Waals surface area (Å²) in [5.41, 5.74) is 0.577. The average molecular weight is 301 g/mol. The van der Waals surface area contributed by atoms with Gasteiger partial charge in [-0.15, -0.1) is 0 Å². The van der Waals surface area contributed by atoms with Gasteiger partial charge in [-0.2, -0.15) is 0 Å². The Bertz CT molecular complexity index is 590. The van der Waals surface area contributed by atoms with E-state index < -0.39 is 17.8 Å². The molecular formula is C17H19NO4. The summed E-state index contributed by atoms with van der Waals surface area (Å²) in [6.07, 6.45) is 4.76. The van der Waals surface area contributed by atoms with E-state index in [2.05, 4.69) is 6.92 Å². The third-order valence-corrected chi connectivity index (χ3v) is 4.56. The first-order chi connectivity index (χ1) is 10.6. The maximum Gasteiger partial charge on any atom is 0.336 e. The molecule has 1 fully saturated rings. The Morgan fingerprint density at radius 1 is 1.18 bits per heavy atom. The van der Waals surface area contributed by atoms with Crippen LogP contribution in [0.3, 0.4) is 0 Å². The summed E-state index contributed by atoms with van der Waals surface area (Å²) in [5.74, 6) is -1.47. The molecule has 2 aliphatic rings. The molecule has 3 rings (SSSR count). The summed E-state index contributed by atoms with van der Waals surface area (Å²) < 4.78 is 0. The second kappa shape index (κ2) is 5.91. The van der Waals surface area contributed by atoms with Crippen LogP contribution in [0.5, 0.6) is 0 Å². The number of hydroxylamine groups is 2. The maximum absolute atomic E-state index is 12.4. The van der Waals surface area contributed by atoms with Gasteiger partial charge in [-0.3, -0.25) is 9.59 Å². The van der Waals surface area contributed by atoms with Gasteiger partial charge in [0.15, 0.2) is 0 Å². The van der Waals surface area contributed by atoms with Gasteiger partial charge < -0.3 is 4.84 Å². The molecule has 22 heavy (non-hydrogen) atoms. The Balaban J connectivity index is 1.73. The SMILES string of the molecule is CCCC1CCCC1C(=O)ON1C(=O)c2ccccc2C1=O.